The lowest BCUT2D eigenvalue weighted by atomic mass is 9.87. The highest BCUT2D eigenvalue weighted by Crippen LogP contribution is 2.35. The summed E-state index contributed by atoms with van der Waals surface area (Å²) in [4.78, 5) is 25.7. The van der Waals surface area contributed by atoms with Gasteiger partial charge < -0.3 is 19.9 Å². The highest BCUT2D eigenvalue weighted by molar-refractivity contribution is 6.48. The molecule has 1 unspecified atom stereocenters. The molecule has 0 spiro atoms. The molecule has 3 aromatic heterocycles. The van der Waals surface area contributed by atoms with E-state index in [9.17, 15) is 4.79 Å². The molecule has 32 heavy (non-hydrogen) atoms. The van der Waals surface area contributed by atoms with Crippen LogP contribution in [0.1, 0.15) is 54.5 Å². The van der Waals surface area contributed by atoms with E-state index in [1.807, 2.05) is 31.2 Å². The Morgan fingerprint density at radius 2 is 1.94 bits per heavy atom. The number of aromatic nitrogens is 3. The molecule has 1 atom stereocenters. The van der Waals surface area contributed by atoms with Crippen molar-refractivity contribution < 1.29 is 13.6 Å². The molecule has 1 amide bonds. The van der Waals surface area contributed by atoms with Gasteiger partial charge in [0, 0.05) is 0 Å². The Hall–Kier alpha value is -3.04. The van der Waals surface area contributed by atoms with E-state index in [1.54, 1.807) is 12.1 Å². The van der Waals surface area contributed by atoms with Crippen molar-refractivity contribution in [1.82, 2.24) is 20.3 Å². The first kappa shape index (κ1) is 23.6. The minimum absolute atomic E-state index is 0.00346. The molecule has 3 rings (SSSR count). The maximum Gasteiger partial charge on any atom is 0.270 e. The molecule has 0 aliphatic carbocycles. The fourth-order valence-corrected chi connectivity index (χ4v) is 4.15. The van der Waals surface area contributed by atoms with Gasteiger partial charge in [-0.05, 0) is 55.8 Å². The van der Waals surface area contributed by atoms with E-state index >= 15 is 0 Å². The summed E-state index contributed by atoms with van der Waals surface area (Å²) in [6.45, 7) is 12.7. The van der Waals surface area contributed by atoms with Gasteiger partial charge in [0.05, 0.1) is 24.0 Å². The Morgan fingerprint density at radius 1 is 1.19 bits per heavy atom. The van der Waals surface area contributed by atoms with Crippen molar-refractivity contribution in [2.24, 2.45) is 5.41 Å². The fourth-order valence-electron chi connectivity index (χ4n) is 3.20. The number of nitrogens with zero attached hydrogens (tertiary/aromatic N) is 3. The van der Waals surface area contributed by atoms with Crippen LogP contribution in [-0.2, 0) is 11.0 Å². The van der Waals surface area contributed by atoms with Crippen LogP contribution in [0.25, 0.3) is 11.5 Å². The first-order chi connectivity index (χ1) is 15.0. The Balaban J connectivity index is 1.75. The van der Waals surface area contributed by atoms with Gasteiger partial charge in [0.1, 0.15) is 17.1 Å². The van der Waals surface area contributed by atoms with Crippen LogP contribution in [0, 0.1) is 12.3 Å². The van der Waals surface area contributed by atoms with Crippen molar-refractivity contribution in [3.05, 3.63) is 59.2 Å². The minimum atomic E-state index is -0.909. The molecular formula is C23H30N5O3Si. The van der Waals surface area contributed by atoms with E-state index in [4.69, 9.17) is 19.6 Å². The van der Waals surface area contributed by atoms with E-state index < -0.39 is 9.04 Å². The van der Waals surface area contributed by atoms with Crippen LogP contribution in [0.2, 0.25) is 13.1 Å². The number of hydrogen-bond acceptors (Lipinski definition) is 7. The number of furan rings is 1. The Bertz CT molecular complexity index is 1090. The van der Waals surface area contributed by atoms with Crippen molar-refractivity contribution in [1.29, 1.82) is 0 Å². The number of rotatable bonds is 7. The number of nitrogens with two attached hydrogens (primary N) is 1. The molecule has 3 heterocycles. The molecule has 0 aliphatic heterocycles. The Morgan fingerprint density at radius 3 is 2.56 bits per heavy atom. The van der Waals surface area contributed by atoms with Crippen molar-refractivity contribution in [3.8, 4) is 11.5 Å². The van der Waals surface area contributed by atoms with Gasteiger partial charge in [-0.1, -0.05) is 26.8 Å². The number of nitrogen functional groups attached to an aromatic ring is 1. The van der Waals surface area contributed by atoms with Crippen LogP contribution in [0.4, 0.5) is 5.95 Å². The SMILES string of the molecule is Cc1ccc(-c2cc(C(=O)NCc3cccc(C(O[Si](C)C)C(C)(C)C)n3)nc(N)n2)o1. The third kappa shape index (κ3) is 6.01. The van der Waals surface area contributed by atoms with Crippen LogP contribution < -0.4 is 11.1 Å². The summed E-state index contributed by atoms with van der Waals surface area (Å²) in [5, 5.41) is 2.86. The summed E-state index contributed by atoms with van der Waals surface area (Å²) in [5.74, 6) is 0.905. The average Bonchev–Trinajstić information content (AvgIpc) is 3.15. The summed E-state index contributed by atoms with van der Waals surface area (Å²) in [7, 11) is -0.909. The van der Waals surface area contributed by atoms with Gasteiger partial charge in [0.25, 0.3) is 5.91 Å². The van der Waals surface area contributed by atoms with Crippen molar-refractivity contribution in [2.45, 2.75) is 53.4 Å². The summed E-state index contributed by atoms with van der Waals surface area (Å²) in [6, 6.07) is 10.9. The number of nitrogens with one attached hydrogen (secondary N) is 1. The van der Waals surface area contributed by atoms with Crippen molar-refractivity contribution in [2.75, 3.05) is 5.73 Å². The van der Waals surface area contributed by atoms with Crippen LogP contribution in [0.3, 0.4) is 0 Å². The van der Waals surface area contributed by atoms with Gasteiger partial charge in [-0.3, -0.25) is 9.78 Å². The normalized spacial score (nSPS) is 12.7. The highest BCUT2D eigenvalue weighted by atomic mass is 28.3. The second-order valence-electron chi connectivity index (χ2n) is 8.92. The van der Waals surface area contributed by atoms with Crippen LogP contribution in [0.15, 0.2) is 40.8 Å². The lowest BCUT2D eigenvalue weighted by Crippen LogP contribution is -2.28. The summed E-state index contributed by atoms with van der Waals surface area (Å²) in [6.07, 6.45) is -0.122. The second kappa shape index (κ2) is 9.62. The van der Waals surface area contributed by atoms with Crippen molar-refractivity contribution >= 4 is 20.9 Å². The lowest BCUT2D eigenvalue weighted by molar-refractivity contribution is 0.0824. The van der Waals surface area contributed by atoms with Crippen molar-refractivity contribution in [3.63, 3.8) is 0 Å². The number of hydrogen-bond donors (Lipinski definition) is 2. The van der Waals surface area contributed by atoms with Crippen LogP contribution in [-0.4, -0.2) is 29.9 Å². The zero-order valence-corrected chi connectivity index (χ0v) is 20.4. The smallest absolute Gasteiger partial charge is 0.270 e. The molecule has 9 heteroatoms. The van der Waals surface area contributed by atoms with Gasteiger partial charge in [-0.25, -0.2) is 9.97 Å². The standard InChI is InChI=1S/C23H30N5O3Si/c1-14-10-11-19(30-14)17-12-18(28-22(24)27-17)21(29)25-13-15-8-7-9-16(26-15)20(23(2,3)4)31-32(5)6/h7-12,20H,13H2,1-6H3,(H,25,29)(H2,24,27,28). The van der Waals surface area contributed by atoms with Gasteiger partial charge in [0.2, 0.25) is 15.0 Å². The molecule has 3 N–H and O–H groups in total. The number of pyridine rings is 1. The van der Waals surface area contributed by atoms with E-state index in [2.05, 4.69) is 49.1 Å². The zero-order chi connectivity index (χ0) is 23.5. The number of carbonyl (C=O) groups is 1. The third-order valence-corrected chi connectivity index (χ3v) is 5.34. The van der Waals surface area contributed by atoms with Crippen LogP contribution in [0.5, 0.6) is 0 Å². The lowest BCUT2D eigenvalue weighted by Gasteiger charge is -2.32. The Kier molecular flexibility index (Phi) is 7.10. The van der Waals surface area contributed by atoms with Gasteiger partial charge in [0.15, 0.2) is 5.76 Å². The molecule has 0 aliphatic rings. The molecule has 1 radical (unpaired) electrons. The maximum absolute atomic E-state index is 12.7. The quantitative estimate of drug-likeness (QED) is 0.513. The predicted octanol–water partition coefficient (Wildman–Crippen LogP) is 4.31. The van der Waals surface area contributed by atoms with Crippen LogP contribution >= 0.6 is 0 Å². The minimum Gasteiger partial charge on any atom is -0.460 e. The Labute approximate surface area is 190 Å². The van der Waals surface area contributed by atoms with Gasteiger partial charge in [-0.15, -0.1) is 0 Å². The second-order valence-corrected chi connectivity index (χ2v) is 11.0. The van der Waals surface area contributed by atoms with E-state index in [0.29, 0.717) is 11.5 Å². The number of anilines is 1. The molecule has 0 saturated heterocycles. The van der Waals surface area contributed by atoms with E-state index in [0.717, 1.165) is 17.1 Å². The molecule has 0 fully saturated rings. The summed E-state index contributed by atoms with van der Waals surface area (Å²) in [5.41, 5.74) is 7.93. The molecular weight excluding hydrogens is 422 g/mol. The topological polar surface area (TPSA) is 116 Å². The predicted molar refractivity (Wildman–Crippen MR) is 125 cm³/mol. The summed E-state index contributed by atoms with van der Waals surface area (Å²) < 4.78 is 11.8. The molecule has 0 bridgehead atoms. The maximum atomic E-state index is 12.7. The number of amides is 1. The zero-order valence-electron chi connectivity index (χ0n) is 19.4. The first-order valence-corrected chi connectivity index (χ1v) is 12.9. The third-order valence-electron chi connectivity index (χ3n) is 4.64. The largest absolute Gasteiger partial charge is 0.460 e. The summed E-state index contributed by atoms with van der Waals surface area (Å²) >= 11 is 0. The molecule has 0 aromatic carbocycles. The average molecular weight is 453 g/mol. The number of carbonyl (C=O) groups excluding carboxylic acids is 1. The number of aryl methyl sites for hydroxylation is 1. The highest BCUT2D eigenvalue weighted by Gasteiger charge is 2.29. The molecule has 169 valence electrons. The van der Waals surface area contributed by atoms with E-state index in [-0.39, 0.29) is 35.6 Å². The molecule has 3 aromatic rings. The monoisotopic (exact) mass is 452 g/mol. The molecule has 0 saturated carbocycles. The fraction of sp³-hybridized carbons (Fsp3) is 0.391. The van der Waals surface area contributed by atoms with Gasteiger partial charge in [-0.2, -0.15) is 0 Å². The first-order valence-electron chi connectivity index (χ1n) is 10.4. The molecule has 8 nitrogen and oxygen atoms in total. The van der Waals surface area contributed by atoms with E-state index in [1.165, 1.54) is 0 Å². The van der Waals surface area contributed by atoms with Gasteiger partial charge >= 0.3 is 0 Å².